The van der Waals surface area contributed by atoms with E-state index < -0.39 is 11.6 Å². The first-order chi connectivity index (χ1) is 8.61. The molecule has 0 aromatic heterocycles. The van der Waals surface area contributed by atoms with E-state index in [1.54, 1.807) is 11.9 Å². The van der Waals surface area contributed by atoms with Gasteiger partial charge in [0.1, 0.15) is 17.3 Å². The van der Waals surface area contributed by atoms with Gasteiger partial charge in [0.2, 0.25) is 0 Å². The lowest BCUT2D eigenvalue weighted by Crippen LogP contribution is -2.26. The van der Waals surface area contributed by atoms with Crippen LogP contribution in [-0.4, -0.2) is 13.6 Å². The van der Waals surface area contributed by atoms with Gasteiger partial charge < -0.3 is 4.90 Å². The second-order valence-electron chi connectivity index (χ2n) is 5.07. The summed E-state index contributed by atoms with van der Waals surface area (Å²) in [4.78, 5) is 1.69. The Balaban J connectivity index is 2.15. The zero-order valence-corrected chi connectivity index (χ0v) is 11.3. The van der Waals surface area contributed by atoms with Crippen LogP contribution in [0.15, 0.2) is 12.1 Å². The van der Waals surface area contributed by atoms with Crippen molar-refractivity contribution < 1.29 is 8.78 Å². The van der Waals surface area contributed by atoms with Crippen LogP contribution < -0.4 is 4.90 Å². The predicted molar refractivity (Wildman–Crippen MR) is 71.1 cm³/mol. The van der Waals surface area contributed by atoms with Crippen molar-refractivity contribution in [3.8, 4) is 0 Å². The fourth-order valence-electron chi connectivity index (χ4n) is 2.73. The Labute approximate surface area is 112 Å². The topological polar surface area (TPSA) is 3.24 Å². The maximum Gasteiger partial charge on any atom is 0.149 e. The summed E-state index contributed by atoms with van der Waals surface area (Å²) in [5.41, 5.74) is 0.542. The summed E-state index contributed by atoms with van der Waals surface area (Å²) in [7, 11) is 1.75. The van der Waals surface area contributed by atoms with Crippen molar-refractivity contribution in [1.29, 1.82) is 0 Å². The first kappa shape index (κ1) is 13.6. The number of hydrogen-bond acceptors (Lipinski definition) is 1. The Morgan fingerprint density at radius 2 is 1.78 bits per heavy atom. The van der Waals surface area contributed by atoms with Crippen LogP contribution in [0.1, 0.15) is 31.2 Å². The molecule has 0 bridgehead atoms. The van der Waals surface area contributed by atoms with Crippen LogP contribution in [0.25, 0.3) is 0 Å². The van der Waals surface area contributed by atoms with Crippen molar-refractivity contribution in [1.82, 2.24) is 0 Å². The molecule has 0 unspecified atom stereocenters. The number of alkyl halides is 1. The molecular formula is C14H18ClF2N. The number of benzene rings is 1. The van der Waals surface area contributed by atoms with Gasteiger partial charge in [-0.3, -0.25) is 0 Å². The standard InChI is InChI=1S/C14H18ClF2N/c1-18(9-10-4-2-3-5-10)14-12(16)6-11(8-15)7-13(14)17/h6-7,10H,2-5,8-9H2,1H3. The van der Waals surface area contributed by atoms with Gasteiger partial charge in [-0.15, -0.1) is 11.6 Å². The maximum absolute atomic E-state index is 13.9. The summed E-state index contributed by atoms with van der Waals surface area (Å²) in [6, 6.07) is 2.63. The molecule has 0 heterocycles. The zero-order chi connectivity index (χ0) is 13.1. The third kappa shape index (κ3) is 2.94. The summed E-state index contributed by atoms with van der Waals surface area (Å²) >= 11 is 5.59. The van der Waals surface area contributed by atoms with Gasteiger partial charge in [0, 0.05) is 19.5 Å². The molecule has 0 spiro atoms. The largest absolute Gasteiger partial charge is 0.370 e. The van der Waals surface area contributed by atoms with Gasteiger partial charge in [-0.25, -0.2) is 8.78 Å². The fourth-order valence-corrected chi connectivity index (χ4v) is 2.89. The van der Waals surface area contributed by atoms with E-state index in [4.69, 9.17) is 11.6 Å². The minimum Gasteiger partial charge on any atom is -0.370 e. The van der Waals surface area contributed by atoms with Crippen LogP contribution in [0, 0.1) is 17.6 Å². The van der Waals surface area contributed by atoms with E-state index in [-0.39, 0.29) is 11.6 Å². The molecule has 0 aliphatic heterocycles. The Morgan fingerprint density at radius 3 is 2.28 bits per heavy atom. The van der Waals surface area contributed by atoms with Gasteiger partial charge in [-0.1, -0.05) is 12.8 Å². The third-order valence-electron chi connectivity index (χ3n) is 3.62. The minimum absolute atomic E-state index is 0.0655. The van der Waals surface area contributed by atoms with Gasteiger partial charge in [0.25, 0.3) is 0 Å². The predicted octanol–water partition coefficient (Wildman–Crippen LogP) is 4.33. The van der Waals surface area contributed by atoms with E-state index in [1.807, 2.05) is 0 Å². The number of nitrogens with zero attached hydrogens (tertiary/aromatic N) is 1. The van der Waals surface area contributed by atoms with E-state index in [1.165, 1.54) is 25.0 Å². The number of halogens is 3. The lowest BCUT2D eigenvalue weighted by molar-refractivity contribution is 0.524. The molecule has 1 fully saturated rings. The molecule has 18 heavy (non-hydrogen) atoms. The fraction of sp³-hybridized carbons (Fsp3) is 0.571. The van der Waals surface area contributed by atoms with Crippen molar-refractivity contribution in [3.63, 3.8) is 0 Å². The lowest BCUT2D eigenvalue weighted by atomic mass is 10.1. The summed E-state index contributed by atoms with van der Waals surface area (Å²) in [6.45, 7) is 0.716. The van der Waals surface area contributed by atoms with Crippen LogP contribution in [0.3, 0.4) is 0 Å². The van der Waals surface area contributed by atoms with E-state index in [2.05, 4.69) is 0 Å². The monoisotopic (exact) mass is 273 g/mol. The third-order valence-corrected chi connectivity index (χ3v) is 3.93. The molecule has 1 nitrogen and oxygen atoms in total. The molecule has 1 aromatic rings. The number of hydrogen-bond donors (Lipinski definition) is 0. The smallest absolute Gasteiger partial charge is 0.149 e. The molecule has 0 N–H and O–H groups in total. The molecule has 0 atom stereocenters. The van der Waals surface area contributed by atoms with Crippen LogP contribution in [-0.2, 0) is 5.88 Å². The van der Waals surface area contributed by atoms with Crippen molar-refractivity contribution >= 4 is 17.3 Å². The molecule has 1 aromatic carbocycles. The minimum atomic E-state index is -0.522. The van der Waals surface area contributed by atoms with Crippen LogP contribution >= 0.6 is 11.6 Å². The summed E-state index contributed by atoms with van der Waals surface area (Å²) in [5, 5.41) is 0. The molecule has 0 radical (unpaired) electrons. The highest BCUT2D eigenvalue weighted by atomic mass is 35.5. The first-order valence-electron chi connectivity index (χ1n) is 6.37. The average Bonchev–Trinajstić information content (AvgIpc) is 2.80. The normalized spacial score (nSPS) is 16.2. The molecule has 1 saturated carbocycles. The summed E-state index contributed by atoms with van der Waals surface area (Å²) in [6.07, 6.45) is 4.78. The highest BCUT2D eigenvalue weighted by Gasteiger charge is 2.21. The van der Waals surface area contributed by atoms with Gasteiger partial charge in [-0.05, 0) is 36.5 Å². The average molecular weight is 274 g/mol. The number of anilines is 1. The van der Waals surface area contributed by atoms with Crippen molar-refractivity contribution in [2.24, 2.45) is 5.92 Å². The highest BCUT2D eigenvalue weighted by molar-refractivity contribution is 6.17. The molecule has 100 valence electrons. The van der Waals surface area contributed by atoms with Crippen molar-refractivity contribution in [3.05, 3.63) is 29.3 Å². The van der Waals surface area contributed by atoms with Gasteiger partial charge in [0.15, 0.2) is 0 Å². The Kier molecular flexibility index (Phi) is 4.44. The summed E-state index contributed by atoms with van der Waals surface area (Å²) < 4.78 is 27.8. The highest BCUT2D eigenvalue weighted by Crippen LogP contribution is 2.29. The lowest BCUT2D eigenvalue weighted by Gasteiger charge is -2.24. The van der Waals surface area contributed by atoms with Crippen molar-refractivity contribution in [2.75, 3.05) is 18.5 Å². The van der Waals surface area contributed by atoms with E-state index >= 15 is 0 Å². The van der Waals surface area contributed by atoms with E-state index in [9.17, 15) is 8.78 Å². The Morgan fingerprint density at radius 1 is 1.22 bits per heavy atom. The van der Waals surface area contributed by atoms with Gasteiger partial charge in [-0.2, -0.15) is 0 Å². The van der Waals surface area contributed by atoms with Crippen LogP contribution in [0.2, 0.25) is 0 Å². The van der Waals surface area contributed by atoms with Gasteiger partial charge >= 0.3 is 0 Å². The zero-order valence-electron chi connectivity index (χ0n) is 10.6. The quantitative estimate of drug-likeness (QED) is 0.738. The Hall–Kier alpha value is -0.830. The first-order valence-corrected chi connectivity index (χ1v) is 6.90. The molecular weight excluding hydrogens is 256 g/mol. The van der Waals surface area contributed by atoms with Crippen molar-refractivity contribution in [2.45, 2.75) is 31.6 Å². The molecule has 1 aliphatic rings. The van der Waals surface area contributed by atoms with E-state index in [0.29, 0.717) is 18.0 Å². The second kappa shape index (κ2) is 5.87. The van der Waals surface area contributed by atoms with Gasteiger partial charge in [0.05, 0.1) is 0 Å². The number of rotatable bonds is 4. The second-order valence-corrected chi connectivity index (χ2v) is 5.34. The van der Waals surface area contributed by atoms with Crippen LogP contribution in [0.4, 0.5) is 14.5 Å². The molecule has 2 rings (SSSR count). The molecule has 1 aliphatic carbocycles. The van der Waals surface area contributed by atoms with Crippen LogP contribution in [0.5, 0.6) is 0 Å². The Bertz CT molecular complexity index is 393. The summed E-state index contributed by atoms with van der Waals surface area (Å²) in [5.74, 6) is -0.362. The molecule has 4 heteroatoms. The molecule has 0 saturated heterocycles. The maximum atomic E-state index is 13.9. The van der Waals surface area contributed by atoms with E-state index in [0.717, 1.165) is 12.8 Å². The molecule has 0 amide bonds. The SMILES string of the molecule is CN(CC1CCCC1)c1c(F)cc(CCl)cc1F.